The molecule has 1 rings (SSSR count). The van der Waals surface area contributed by atoms with Crippen molar-refractivity contribution < 1.29 is 0 Å². The van der Waals surface area contributed by atoms with E-state index in [1.54, 1.807) is 0 Å². The largest absolute Gasteiger partial charge is 0.298 e. The molecular formula is C10H20N. The van der Waals surface area contributed by atoms with Gasteiger partial charge in [-0.3, -0.25) is 4.90 Å². The molecule has 0 aromatic carbocycles. The van der Waals surface area contributed by atoms with Crippen LogP contribution in [0.4, 0.5) is 0 Å². The van der Waals surface area contributed by atoms with E-state index in [-0.39, 0.29) is 0 Å². The summed E-state index contributed by atoms with van der Waals surface area (Å²) in [6.45, 7) is 9.71. The molecule has 0 aliphatic heterocycles. The zero-order valence-electron chi connectivity index (χ0n) is 7.84. The molecule has 0 heterocycles. The predicted molar refractivity (Wildman–Crippen MR) is 49.5 cm³/mol. The van der Waals surface area contributed by atoms with Gasteiger partial charge in [0.15, 0.2) is 0 Å². The molecule has 0 N–H and O–H groups in total. The van der Waals surface area contributed by atoms with E-state index in [0.29, 0.717) is 0 Å². The standard InChI is InChI=1S/C10H20N/c1-4-5-8-11(9(2)3)10-6-7-10/h9-10H,1,4-8H2,2-3H3. The van der Waals surface area contributed by atoms with Crippen LogP contribution in [0.25, 0.3) is 0 Å². The fourth-order valence-corrected chi connectivity index (χ4v) is 1.56. The van der Waals surface area contributed by atoms with Crippen LogP contribution in [-0.2, 0) is 0 Å². The Bertz CT molecular complexity index is 103. The summed E-state index contributed by atoms with van der Waals surface area (Å²) < 4.78 is 0. The zero-order valence-corrected chi connectivity index (χ0v) is 7.84. The van der Waals surface area contributed by atoms with E-state index in [0.717, 1.165) is 18.5 Å². The number of rotatable bonds is 5. The highest BCUT2D eigenvalue weighted by Crippen LogP contribution is 2.28. The van der Waals surface area contributed by atoms with E-state index >= 15 is 0 Å². The molecule has 0 unspecified atom stereocenters. The van der Waals surface area contributed by atoms with Gasteiger partial charge in [0, 0.05) is 12.1 Å². The van der Waals surface area contributed by atoms with Crippen molar-refractivity contribution in [3.8, 4) is 0 Å². The van der Waals surface area contributed by atoms with Gasteiger partial charge >= 0.3 is 0 Å². The van der Waals surface area contributed by atoms with Gasteiger partial charge in [0.2, 0.25) is 0 Å². The van der Waals surface area contributed by atoms with Crippen molar-refractivity contribution in [3.63, 3.8) is 0 Å². The van der Waals surface area contributed by atoms with Crippen LogP contribution >= 0.6 is 0 Å². The lowest BCUT2D eigenvalue weighted by atomic mass is 10.2. The second-order valence-electron chi connectivity index (χ2n) is 3.77. The van der Waals surface area contributed by atoms with Crippen molar-refractivity contribution in [3.05, 3.63) is 6.92 Å². The smallest absolute Gasteiger partial charge is 0.00991 e. The Morgan fingerprint density at radius 1 is 1.45 bits per heavy atom. The van der Waals surface area contributed by atoms with E-state index in [9.17, 15) is 0 Å². The second-order valence-corrected chi connectivity index (χ2v) is 3.77. The van der Waals surface area contributed by atoms with Gasteiger partial charge in [0.05, 0.1) is 0 Å². The summed E-state index contributed by atoms with van der Waals surface area (Å²) >= 11 is 0. The number of nitrogens with zero attached hydrogens (tertiary/aromatic N) is 1. The van der Waals surface area contributed by atoms with Crippen LogP contribution in [0.15, 0.2) is 0 Å². The molecule has 11 heavy (non-hydrogen) atoms. The van der Waals surface area contributed by atoms with Crippen LogP contribution in [0.1, 0.15) is 39.5 Å². The molecule has 1 radical (unpaired) electrons. The third-order valence-electron chi connectivity index (χ3n) is 2.35. The number of hydrogen-bond donors (Lipinski definition) is 0. The maximum atomic E-state index is 3.87. The van der Waals surface area contributed by atoms with Crippen LogP contribution < -0.4 is 0 Å². The summed E-state index contributed by atoms with van der Waals surface area (Å²) in [6, 6.07) is 1.65. The van der Waals surface area contributed by atoms with E-state index in [1.165, 1.54) is 25.8 Å². The van der Waals surface area contributed by atoms with Crippen LogP contribution in [0.2, 0.25) is 0 Å². The summed E-state index contributed by atoms with van der Waals surface area (Å²) in [5.74, 6) is 0. The van der Waals surface area contributed by atoms with E-state index < -0.39 is 0 Å². The summed E-state index contributed by atoms with van der Waals surface area (Å²) in [6.07, 6.45) is 5.19. The lowest BCUT2D eigenvalue weighted by Crippen LogP contribution is -2.33. The first-order chi connectivity index (χ1) is 5.25. The fraction of sp³-hybridized carbons (Fsp3) is 0.900. The van der Waals surface area contributed by atoms with Crippen LogP contribution in [0.3, 0.4) is 0 Å². The highest BCUT2D eigenvalue weighted by molar-refractivity contribution is 4.86. The van der Waals surface area contributed by atoms with Gasteiger partial charge in [0.1, 0.15) is 0 Å². The minimum Gasteiger partial charge on any atom is -0.298 e. The Kier molecular flexibility index (Phi) is 3.38. The topological polar surface area (TPSA) is 3.24 Å². The maximum Gasteiger partial charge on any atom is 0.00991 e. The summed E-state index contributed by atoms with van der Waals surface area (Å²) in [7, 11) is 0. The Morgan fingerprint density at radius 3 is 2.45 bits per heavy atom. The zero-order chi connectivity index (χ0) is 8.27. The van der Waals surface area contributed by atoms with Crippen LogP contribution in [0, 0.1) is 6.92 Å². The molecule has 1 fully saturated rings. The molecule has 1 aliphatic carbocycles. The maximum absolute atomic E-state index is 3.87. The average Bonchev–Trinajstić information content (AvgIpc) is 2.71. The average molecular weight is 154 g/mol. The summed E-state index contributed by atoms with van der Waals surface area (Å²) in [4.78, 5) is 2.62. The summed E-state index contributed by atoms with van der Waals surface area (Å²) in [5, 5.41) is 0. The van der Waals surface area contributed by atoms with Crippen molar-refractivity contribution in [2.45, 2.75) is 51.6 Å². The minimum absolute atomic E-state index is 0.731. The highest BCUT2D eigenvalue weighted by atomic mass is 15.2. The van der Waals surface area contributed by atoms with Crippen LogP contribution in [-0.4, -0.2) is 23.5 Å². The van der Waals surface area contributed by atoms with Gasteiger partial charge in [-0.1, -0.05) is 13.3 Å². The monoisotopic (exact) mass is 154 g/mol. The molecule has 0 spiro atoms. The Balaban J connectivity index is 2.21. The first-order valence-electron chi connectivity index (χ1n) is 4.80. The molecule has 0 aromatic heterocycles. The highest BCUT2D eigenvalue weighted by Gasteiger charge is 2.29. The lowest BCUT2D eigenvalue weighted by molar-refractivity contribution is 0.209. The van der Waals surface area contributed by atoms with Crippen molar-refractivity contribution >= 4 is 0 Å². The Morgan fingerprint density at radius 2 is 2.09 bits per heavy atom. The van der Waals surface area contributed by atoms with Gasteiger partial charge in [-0.15, -0.1) is 0 Å². The molecule has 0 saturated heterocycles. The van der Waals surface area contributed by atoms with Gasteiger partial charge in [-0.05, 0) is 39.7 Å². The van der Waals surface area contributed by atoms with E-state index in [1.807, 2.05) is 0 Å². The number of hydrogen-bond acceptors (Lipinski definition) is 1. The van der Waals surface area contributed by atoms with Crippen LogP contribution in [0.5, 0.6) is 0 Å². The minimum atomic E-state index is 0.731. The van der Waals surface area contributed by atoms with Gasteiger partial charge in [-0.2, -0.15) is 0 Å². The molecule has 1 aliphatic rings. The normalized spacial score (nSPS) is 18.3. The number of unbranched alkanes of at least 4 members (excludes halogenated alkanes) is 1. The molecule has 0 aromatic rings. The molecule has 0 atom stereocenters. The first-order valence-corrected chi connectivity index (χ1v) is 4.80. The first kappa shape index (κ1) is 9.05. The van der Waals surface area contributed by atoms with Crippen molar-refractivity contribution in [2.75, 3.05) is 6.54 Å². The SMILES string of the molecule is [CH2]CCCN(C(C)C)C1CC1. The predicted octanol–water partition coefficient (Wildman–Crippen LogP) is 2.47. The molecule has 0 amide bonds. The fourth-order valence-electron chi connectivity index (χ4n) is 1.56. The van der Waals surface area contributed by atoms with Crippen molar-refractivity contribution in [1.29, 1.82) is 0 Å². The third kappa shape index (κ3) is 2.82. The second kappa shape index (κ2) is 4.10. The lowest BCUT2D eigenvalue weighted by Gasteiger charge is -2.25. The van der Waals surface area contributed by atoms with E-state index in [2.05, 4.69) is 25.7 Å². The van der Waals surface area contributed by atoms with Crippen molar-refractivity contribution in [2.24, 2.45) is 0 Å². The van der Waals surface area contributed by atoms with Crippen molar-refractivity contribution in [1.82, 2.24) is 4.90 Å². The molecule has 0 bridgehead atoms. The molecule has 1 saturated carbocycles. The van der Waals surface area contributed by atoms with Gasteiger partial charge in [0.25, 0.3) is 0 Å². The third-order valence-corrected chi connectivity index (χ3v) is 2.35. The summed E-state index contributed by atoms with van der Waals surface area (Å²) in [5.41, 5.74) is 0. The Hall–Kier alpha value is -0.0400. The molecule has 1 nitrogen and oxygen atoms in total. The Labute approximate surface area is 70.8 Å². The molecular weight excluding hydrogens is 134 g/mol. The van der Waals surface area contributed by atoms with Gasteiger partial charge < -0.3 is 0 Å². The molecule has 65 valence electrons. The quantitative estimate of drug-likeness (QED) is 0.588. The van der Waals surface area contributed by atoms with Gasteiger partial charge in [-0.25, -0.2) is 0 Å². The van der Waals surface area contributed by atoms with E-state index in [4.69, 9.17) is 0 Å². The molecule has 1 heteroatoms.